The molecule has 1 atom stereocenters. The van der Waals surface area contributed by atoms with Gasteiger partial charge in [-0.15, -0.1) is 0 Å². The number of carbonyl (C=O) groups is 1. The molecule has 0 radical (unpaired) electrons. The van der Waals surface area contributed by atoms with Crippen LogP contribution in [0.3, 0.4) is 0 Å². The largest absolute Gasteiger partial charge is 0.443 e. The van der Waals surface area contributed by atoms with Gasteiger partial charge < -0.3 is 4.74 Å². The molecule has 0 saturated carbocycles. The number of hydrogen-bond donors (Lipinski definition) is 1. The van der Waals surface area contributed by atoms with Crippen LogP contribution in [0.2, 0.25) is 0 Å². The Hall–Kier alpha value is -2.38. The average molecular weight is 374 g/mol. The van der Waals surface area contributed by atoms with Crippen LogP contribution in [0.1, 0.15) is 16.7 Å². The molecule has 2 aromatic rings. The third-order valence-corrected chi connectivity index (χ3v) is 5.90. The summed E-state index contributed by atoms with van der Waals surface area (Å²) in [5, 5.41) is 0. The van der Waals surface area contributed by atoms with Gasteiger partial charge in [0.1, 0.15) is 6.10 Å². The quantitative estimate of drug-likeness (QED) is 0.873. The maximum Gasteiger partial charge on any atom is 0.414 e. The SMILES string of the molecule is Cc1cccc(N2CC(CNS(=O)(=O)c3ccc(C)c(C)c3)OC2=O)c1. The molecule has 1 aliphatic heterocycles. The van der Waals surface area contributed by atoms with E-state index in [9.17, 15) is 13.2 Å². The van der Waals surface area contributed by atoms with Gasteiger partial charge in [0.05, 0.1) is 11.4 Å². The Morgan fingerprint density at radius 3 is 2.58 bits per heavy atom. The first-order chi connectivity index (χ1) is 12.3. The number of amides is 1. The van der Waals surface area contributed by atoms with Crippen molar-refractivity contribution < 1.29 is 17.9 Å². The van der Waals surface area contributed by atoms with E-state index in [2.05, 4.69) is 4.72 Å². The zero-order chi connectivity index (χ0) is 18.9. The number of sulfonamides is 1. The van der Waals surface area contributed by atoms with E-state index in [4.69, 9.17) is 4.74 Å². The molecule has 1 saturated heterocycles. The topological polar surface area (TPSA) is 75.7 Å². The molecule has 1 N–H and O–H groups in total. The van der Waals surface area contributed by atoms with Crippen molar-refractivity contribution in [3.63, 3.8) is 0 Å². The molecule has 3 rings (SSSR count). The molecular weight excluding hydrogens is 352 g/mol. The van der Waals surface area contributed by atoms with Gasteiger partial charge in [-0.05, 0) is 61.7 Å². The molecule has 0 bridgehead atoms. The molecule has 1 fully saturated rings. The van der Waals surface area contributed by atoms with Crippen LogP contribution in [0.4, 0.5) is 10.5 Å². The lowest BCUT2D eigenvalue weighted by Crippen LogP contribution is -2.34. The van der Waals surface area contributed by atoms with Crippen molar-refractivity contribution in [3.05, 3.63) is 59.2 Å². The smallest absolute Gasteiger partial charge is 0.414 e. The van der Waals surface area contributed by atoms with Gasteiger partial charge in [-0.3, -0.25) is 4.90 Å². The average Bonchev–Trinajstić information content (AvgIpc) is 2.96. The second kappa shape index (κ2) is 7.09. The molecule has 1 unspecified atom stereocenters. The van der Waals surface area contributed by atoms with Crippen molar-refractivity contribution in [2.45, 2.75) is 31.8 Å². The third kappa shape index (κ3) is 3.89. The summed E-state index contributed by atoms with van der Waals surface area (Å²) < 4.78 is 32.8. The van der Waals surface area contributed by atoms with Gasteiger partial charge in [0.15, 0.2) is 0 Å². The van der Waals surface area contributed by atoms with Gasteiger partial charge >= 0.3 is 6.09 Å². The zero-order valence-corrected chi connectivity index (χ0v) is 15.8. The summed E-state index contributed by atoms with van der Waals surface area (Å²) in [4.78, 5) is 13.8. The molecule has 1 amide bonds. The lowest BCUT2D eigenvalue weighted by Gasteiger charge is -2.14. The monoisotopic (exact) mass is 374 g/mol. The minimum Gasteiger partial charge on any atom is -0.443 e. The summed E-state index contributed by atoms with van der Waals surface area (Å²) in [6.07, 6.45) is -1.00. The number of rotatable bonds is 5. The first-order valence-corrected chi connectivity index (χ1v) is 9.86. The first kappa shape index (κ1) is 18.4. The summed E-state index contributed by atoms with van der Waals surface area (Å²) in [6, 6.07) is 12.5. The van der Waals surface area contributed by atoms with Crippen molar-refractivity contribution >= 4 is 21.8 Å². The Balaban J connectivity index is 1.66. The Morgan fingerprint density at radius 2 is 1.88 bits per heavy atom. The van der Waals surface area contributed by atoms with Gasteiger partial charge in [-0.25, -0.2) is 17.9 Å². The van der Waals surface area contributed by atoms with E-state index in [0.717, 1.165) is 22.4 Å². The van der Waals surface area contributed by atoms with Crippen molar-refractivity contribution in [1.82, 2.24) is 4.72 Å². The number of nitrogens with one attached hydrogen (secondary N) is 1. The van der Waals surface area contributed by atoms with Gasteiger partial charge in [0.2, 0.25) is 10.0 Å². The van der Waals surface area contributed by atoms with Crippen LogP contribution in [0, 0.1) is 20.8 Å². The molecule has 0 aromatic heterocycles. The van der Waals surface area contributed by atoms with Gasteiger partial charge in [-0.2, -0.15) is 0 Å². The summed E-state index contributed by atoms with van der Waals surface area (Å²) >= 11 is 0. The van der Waals surface area contributed by atoms with Crippen LogP contribution in [-0.4, -0.2) is 33.7 Å². The van der Waals surface area contributed by atoms with Crippen LogP contribution < -0.4 is 9.62 Å². The number of aryl methyl sites for hydroxylation is 3. The fourth-order valence-corrected chi connectivity index (χ4v) is 3.95. The summed E-state index contributed by atoms with van der Waals surface area (Å²) in [7, 11) is -3.65. The lowest BCUT2D eigenvalue weighted by atomic mass is 10.1. The maximum absolute atomic E-state index is 12.5. The number of hydrogen-bond acceptors (Lipinski definition) is 4. The number of cyclic esters (lactones) is 1. The standard InChI is InChI=1S/C19H22N2O4S/c1-13-5-4-6-16(9-13)21-12-17(25-19(21)22)11-20-26(23,24)18-8-7-14(2)15(3)10-18/h4-10,17,20H,11-12H2,1-3H3. The molecule has 1 heterocycles. The normalized spacial score (nSPS) is 17.4. The van der Waals surface area contributed by atoms with Crippen molar-refractivity contribution in [2.75, 3.05) is 18.0 Å². The highest BCUT2D eigenvalue weighted by Crippen LogP contribution is 2.22. The Bertz CT molecular complexity index is 940. The first-order valence-electron chi connectivity index (χ1n) is 8.38. The van der Waals surface area contributed by atoms with E-state index in [1.165, 1.54) is 4.90 Å². The number of anilines is 1. The molecule has 0 spiro atoms. The van der Waals surface area contributed by atoms with Crippen LogP contribution in [0.5, 0.6) is 0 Å². The van der Waals surface area contributed by atoms with E-state index in [1.807, 2.05) is 45.0 Å². The maximum atomic E-state index is 12.5. The number of benzene rings is 2. The molecule has 7 heteroatoms. The minimum atomic E-state index is -3.65. The molecule has 6 nitrogen and oxygen atoms in total. The van der Waals surface area contributed by atoms with E-state index in [1.54, 1.807) is 18.2 Å². The van der Waals surface area contributed by atoms with E-state index in [0.29, 0.717) is 6.54 Å². The molecular formula is C19H22N2O4S. The summed E-state index contributed by atoms with van der Waals surface area (Å²) in [6.45, 7) is 6.07. The summed E-state index contributed by atoms with van der Waals surface area (Å²) in [5.41, 5.74) is 3.72. The predicted octanol–water partition coefficient (Wildman–Crippen LogP) is 2.92. The number of ether oxygens (including phenoxy) is 1. The van der Waals surface area contributed by atoms with Crippen LogP contribution >= 0.6 is 0 Å². The van der Waals surface area contributed by atoms with E-state index in [-0.39, 0.29) is 11.4 Å². The Morgan fingerprint density at radius 1 is 1.12 bits per heavy atom. The zero-order valence-electron chi connectivity index (χ0n) is 15.0. The second-order valence-corrected chi connectivity index (χ2v) is 8.32. The number of carbonyl (C=O) groups excluding carboxylic acids is 1. The van der Waals surface area contributed by atoms with Crippen molar-refractivity contribution in [1.29, 1.82) is 0 Å². The highest BCUT2D eigenvalue weighted by Gasteiger charge is 2.33. The Labute approximate surface area is 153 Å². The molecule has 1 aliphatic rings. The molecule has 26 heavy (non-hydrogen) atoms. The van der Waals surface area contributed by atoms with Crippen LogP contribution in [0.25, 0.3) is 0 Å². The molecule has 138 valence electrons. The predicted molar refractivity (Wildman–Crippen MR) is 99.9 cm³/mol. The molecule has 2 aromatic carbocycles. The fourth-order valence-electron chi connectivity index (χ4n) is 2.80. The van der Waals surface area contributed by atoms with Gasteiger partial charge in [0, 0.05) is 12.2 Å². The van der Waals surface area contributed by atoms with Crippen LogP contribution in [-0.2, 0) is 14.8 Å². The van der Waals surface area contributed by atoms with Crippen molar-refractivity contribution in [3.8, 4) is 0 Å². The fraction of sp³-hybridized carbons (Fsp3) is 0.316. The highest BCUT2D eigenvalue weighted by atomic mass is 32.2. The third-order valence-electron chi connectivity index (χ3n) is 4.48. The van der Waals surface area contributed by atoms with Crippen LogP contribution in [0.15, 0.2) is 47.4 Å². The van der Waals surface area contributed by atoms with E-state index >= 15 is 0 Å². The van der Waals surface area contributed by atoms with Crippen molar-refractivity contribution in [2.24, 2.45) is 0 Å². The Kier molecular flexibility index (Phi) is 5.02. The second-order valence-electron chi connectivity index (χ2n) is 6.55. The molecule has 0 aliphatic carbocycles. The minimum absolute atomic E-state index is 0.0311. The number of nitrogens with zero attached hydrogens (tertiary/aromatic N) is 1. The van der Waals surface area contributed by atoms with Gasteiger partial charge in [0.25, 0.3) is 0 Å². The van der Waals surface area contributed by atoms with E-state index < -0.39 is 22.2 Å². The highest BCUT2D eigenvalue weighted by molar-refractivity contribution is 7.89. The van der Waals surface area contributed by atoms with Gasteiger partial charge in [-0.1, -0.05) is 18.2 Å². The summed E-state index contributed by atoms with van der Waals surface area (Å²) in [5.74, 6) is 0. The lowest BCUT2D eigenvalue weighted by molar-refractivity contribution is 0.143.